The van der Waals surface area contributed by atoms with Crippen LogP contribution >= 0.6 is 0 Å². The Morgan fingerprint density at radius 3 is 2.58 bits per heavy atom. The minimum absolute atomic E-state index is 0.0582. The number of hydrogen-bond acceptors (Lipinski definition) is 3. The lowest BCUT2D eigenvalue weighted by Crippen LogP contribution is -2.09. The van der Waals surface area contributed by atoms with E-state index in [4.69, 9.17) is 0 Å². The fraction of sp³-hybridized carbons (Fsp3) is 0.0667. The van der Waals surface area contributed by atoms with Gasteiger partial charge in [-0.2, -0.15) is 0 Å². The van der Waals surface area contributed by atoms with Gasteiger partial charge in [0.25, 0.3) is 5.56 Å². The van der Waals surface area contributed by atoms with Crippen molar-refractivity contribution in [2.24, 2.45) is 0 Å². The number of nitrogens with one attached hydrogen (secondary N) is 1. The van der Waals surface area contributed by atoms with E-state index in [-0.39, 0.29) is 11.3 Å². The molecule has 0 saturated heterocycles. The van der Waals surface area contributed by atoms with Crippen LogP contribution in [-0.4, -0.2) is 15.1 Å². The fourth-order valence-electron chi connectivity index (χ4n) is 1.97. The second kappa shape index (κ2) is 4.24. The second-order valence-electron chi connectivity index (χ2n) is 4.48. The Morgan fingerprint density at radius 2 is 1.84 bits per heavy atom. The van der Waals surface area contributed by atoms with Crippen molar-refractivity contribution in [3.63, 3.8) is 0 Å². The van der Waals surface area contributed by atoms with E-state index in [1.165, 1.54) is 12.1 Å². The summed E-state index contributed by atoms with van der Waals surface area (Å²) in [5.74, 6) is 0.589. The molecule has 0 aliphatic rings. The van der Waals surface area contributed by atoms with Crippen LogP contribution in [0.5, 0.6) is 5.75 Å². The van der Waals surface area contributed by atoms with Gasteiger partial charge < -0.3 is 10.1 Å². The molecular formula is C15H12N2O2. The molecule has 0 aliphatic heterocycles. The van der Waals surface area contributed by atoms with Crippen LogP contribution in [0.1, 0.15) is 5.56 Å². The fourth-order valence-corrected chi connectivity index (χ4v) is 1.97. The molecule has 0 unspecified atom stereocenters. The number of phenolic OH excluding ortho intramolecular Hbond substituents is 1. The van der Waals surface area contributed by atoms with Crippen molar-refractivity contribution >= 4 is 10.9 Å². The SMILES string of the molecule is Cc1ccc(-c2nc3ccc(O)cc3c(=O)[nH]2)cc1. The Morgan fingerprint density at radius 1 is 1.11 bits per heavy atom. The summed E-state index contributed by atoms with van der Waals surface area (Å²) in [6.07, 6.45) is 0. The lowest BCUT2D eigenvalue weighted by molar-refractivity contribution is 0.476. The molecule has 2 aromatic carbocycles. The molecule has 0 atom stereocenters. The predicted octanol–water partition coefficient (Wildman–Crippen LogP) is 2.60. The van der Waals surface area contributed by atoms with Gasteiger partial charge in [-0.1, -0.05) is 29.8 Å². The molecule has 0 saturated carbocycles. The van der Waals surface area contributed by atoms with Crippen LogP contribution < -0.4 is 5.56 Å². The molecule has 94 valence electrons. The van der Waals surface area contributed by atoms with Crippen LogP contribution in [0, 0.1) is 6.92 Å². The topological polar surface area (TPSA) is 66.0 Å². The predicted molar refractivity (Wildman–Crippen MR) is 74.2 cm³/mol. The van der Waals surface area contributed by atoms with Crippen molar-refractivity contribution in [2.45, 2.75) is 6.92 Å². The number of aromatic nitrogens is 2. The minimum Gasteiger partial charge on any atom is -0.508 e. The highest BCUT2D eigenvalue weighted by Gasteiger charge is 2.06. The van der Waals surface area contributed by atoms with Gasteiger partial charge in [0, 0.05) is 5.56 Å². The monoisotopic (exact) mass is 252 g/mol. The van der Waals surface area contributed by atoms with Crippen molar-refractivity contribution in [2.75, 3.05) is 0 Å². The quantitative estimate of drug-likeness (QED) is 0.699. The van der Waals surface area contributed by atoms with Crippen LogP contribution in [0.25, 0.3) is 22.3 Å². The number of hydrogen-bond donors (Lipinski definition) is 2. The second-order valence-corrected chi connectivity index (χ2v) is 4.48. The molecule has 3 rings (SSSR count). The van der Waals surface area contributed by atoms with Crippen LogP contribution in [0.2, 0.25) is 0 Å². The summed E-state index contributed by atoms with van der Waals surface area (Å²) < 4.78 is 0. The normalized spacial score (nSPS) is 10.8. The number of aryl methyl sites for hydroxylation is 1. The van der Waals surface area contributed by atoms with Crippen LogP contribution in [0.3, 0.4) is 0 Å². The van der Waals surface area contributed by atoms with Gasteiger partial charge in [0.2, 0.25) is 0 Å². The average molecular weight is 252 g/mol. The van der Waals surface area contributed by atoms with Crippen molar-refractivity contribution in [3.8, 4) is 17.1 Å². The molecule has 0 fully saturated rings. The Balaban J connectivity index is 2.24. The van der Waals surface area contributed by atoms with Crippen molar-refractivity contribution in [1.29, 1.82) is 0 Å². The Kier molecular flexibility index (Phi) is 2.56. The Bertz CT molecular complexity index is 804. The van der Waals surface area contributed by atoms with E-state index in [0.717, 1.165) is 11.1 Å². The molecule has 4 nitrogen and oxygen atoms in total. The molecule has 1 aromatic heterocycles. The highest BCUT2D eigenvalue weighted by Crippen LogP contribution is 2.19. The number of aromatic amines is 1. The largest absolute Gasteiger partial charge is 0.508 e. The number of benzene rings is 2. The molecule has 1 heterocycles. The first-order valence-corrected chi connectivity index (χ1v) is 5.93. The van der Waals surface area contributed by atoms with E-state index in [1.54, 1.807) is 6.07 Å². The maximum Gasteiger partial charge on any atom is 0.259 e. The molecule has 19 heavy (non-hydrogen) atoms. The van der Waals surface area contributed by atoms with E-state index in [9.17, 15) is 9.90 Å². The van der Waals surface area contributed by atoms with E-state index in [0.29, 0.717) is 16.7 Å². The molecule has 0 spiro atoms. The van der Waals surface area contributed by atoms with Gasteiger partial charge in [0.1, 0.15) is 11.6 Å². The number of H-pyrrole nitrogens is 1. The smallest absolute Gasteiger partial charge is 0.259 e. The van der Waals surface area contributed by atoms with Gasteiger partial charge in [-0.05, 0) is 25.1 Å². The first-order valence-electron chi connectivity index (χ1n) is 5.93. The molecule has 4 heteroatoms. The summed E-state index contributed by atoms with van der Waals surface area (Å²) >= 11 is 0. The summed E-state index contributed by atoms with van der Waals surface area (Å²) in [6.45, 7) is 2.00. The maximum absolute atomic E-state index is 12.0. The zero-order valence-corrected chi connectivity index (χ0v) is 10.3. The first-order chi connectivity index (χ1) is 9.13. The third kappa shape index (κ3) is 2.08. The summed E-state index contributed by atoms with van der Waals surface area (Å²) in [6, 6.07) is 12.3. The summed E-state index contributed by atoms with van der Waals surface area (Å²) in [5.41, 5.74) is 2.32. The number of phenols is 1. The van der Waals surface area contributed by atoms with Gasteiger partial charge in [-0.25, -0.2) is 4.98 Å². The van der Waals surface area contributed by atoms with Crippen molar-refractivity contribution in [1.82, 2.24) is 9.97 Å². The summed E-state index contributed by atoms with van der Waals surface area (Å²) in [4.78, 5) is 19.1. The summed E-state index contributed by atoms with van der Waals surface area (Å²) in [5, 5.41) is 9.78. The molecule has 0 amide bonds. The lowest BCUT2D eigenvalue weighted by Gasteiger charge is -2.04. The summed E-state index contributed by atoms with van der Waals surface area (Å²) in [7, 11) is 0. The third-order valence-corrected chi connectivity index (χ3v) is 3.01. The molecule has 0 aliphatic carbocycles. The van der Waals surface area contributed by atoms with Crippen molar-refractivity contribution < 1.29 is 5.11 Å². The van der Waals surface area contributed by atoms with Gasteiger partial charge >= 0.3 is 0 Å². The van der Waals surface area contributed by atoms with E-state index in [2.05, 4.69) is 9.97 Å². The van der Waals surface area contributed by atoms with Crippen molar-refractivity contribution in [3.05, 3.63) is 58.4 Å². The molecule has 0 bridgehead atoms. The molecular weight excluding hydrogens is 240 g/mol. The zero-order chi connectivity index (χ0) is 13.4. The zero-order valence-electron chi connectivity index (χ0n) is 10.3. The van der Waals surface area contributed by atoms with Gasteiger partial charge in [-0.15, -0.1) is 0 Å². The Labute approximate surface area is 109 Å². The van der Waals surface area contributed by atoms with Gasteiger partial charge in [-0.3, -0.25) is 4.79 Å². The van der Waals surface area contributed by atoms with Crippen LogP contribution in [0.4, 0.5) is 0 Å². The van der Waals surface area contributed by atoms with Gasteiger partial charge in [0.15, 0.2) is 0 Å². The molecule has 3 aromatic rings. The number of rotatable bonds is 1. The van der Waals surface area contributed by atoms with E-state index in [1.807, 2.05) is 31.2 Å². The maximum atomic E-state index is 12.0. The van der Waals surface area contributed by atoms with E-state index >= 15 is 0 Å². The van der Waals surface area contributed by atoms with E-state index < -0.39 is 0 Å². The van der Waals surface area contributed by atoms with Gasteiger partial charge in [0.05, 0.1) is 10.9 Å². The highest BCUT2D eigenvalue weighted by atomic mass is 16.3. The standard InChI is InChI=1S/C15H12N2O2/c1-9-2-4-10(5-3-9)14-16-13-7-6-11(18)8-12(13)15(19)17-14/h2-8,18H,1H3,(H,16,17,19). The number of fused-ring (bicyclic) bond motifs is 1. The number of aromatic hydroxyl groups is 1. The first kappa shape index (κ1) is 11.5. The number of nitrogens with zero attached hydrogens (tertiary/aromatic N) is 1. The van der Waals surface area contributed by atoms with Crippen LogP contribution in [0.15, 0.2) is 47.3 Å². The lowest BCUT2D eigenvalue weighted by atomic mass is 10.1. The molecule has 2 N–H and O–H groups in total. The average Bonchev–Trinajstić information content (AvgIpc) is 2.40. The highest BCUT2D eigenvalue weighted by molar-refractivity contribution is 5.80. The minimum atomic E-state index is -0.253. The van der Waals surface area contributed by atoms with Crippen LogP contribution in [-0.2, 0) is 0 Å². The third-order valence-electron chi connectivity index (χ3n) is 3.01. The Hall–Kier alpha value is -2.62. The molecule has 0 radical (unpaired) electrons.